The number of nitrogens with zero attached hydrogens (tertiary/aromatic N) is 3. The molecule has 2 aromatic carbocycles. The minimum Gasteiger partial charge on any atom is -0.332 e. The summed E-state index contributed by atoms with van der Waals surface area (Å²) >= 11 is 0. The molecule has 0 radical (unpaired) electrons. The average Bonchev–Trinajstić information content (AvgIpc) is 2.81. The number of carbonyl (C=O) groups is 1. The number of rotatable bonds is 9. The lowest BCUT2D eigenvalue weighted by Gasteiger charge is -2.37. The lowest BCUT2D eigenvalue weighted by Crippen LogP contribution is -2.43. The third-order valence-corrected chi connectivity index (χ3v) is 6.96. The number of hydrogen-bond acceptors (Lipinski definition) is 3. The standard InChI is InChI=1S/C28H35N3O2/c1-4-7-19-30(27(32)21-11-10-12-21)25(6-3)26-29-24-14-9-8-13-23(24)28(33)31(26)22-17-15-20(5-2)16-18-22/h8-9,13-18,21,25H,4-7,10-12,19H2,1-3H3. The molecule has 174 valence electrons. The normalized spacial score (nSPS) is 14.8. The zero-order valence-corrected chi connectivity index (χ0v) is 20.1. The van der Waals surface area contributed by atoms with Gasteiger partial charge in [0, 0.05) is 12.5 Å². The van der Waals surface area contributed by atoms with Gasteiger partial charge in [-0.25, -0.2) is 4.98 Å². The molecule has 3 aromatic rings. The Kier molecular flexibility index (Phi) is 7.26. The largest absolute Gasteiger partial charge is 0.332 e. The topological polar surface area (TPSA) is 55.2 Å². The van der Waals surface area contributed by atoms with Crippen LogP contribution in [0.25, 0.3) is 16.6 Å². The number of benzene rings is 2. The van der Waals surface area contributed by atoms with E-state index in [1.165, 1.54) is 5.56 Å². The van der Waals surface area contributed by atoms with Gasteiger partial charge in [0.05, 0.1) is 22.6 Å². The molecule has 1 amide bonds. The monoisotopic (exact) mass is 445 g/mol. The van der Waals surface area contributed by atoms with E-state index in [2.05, 4.69) is 32.9 Å². The fourth-order valence-corrected chi connectivity index (χ4v) is 4.68. The molecule has 1 aromatic heterocycles. The molecule has 0 bridgehead atoms. The Balaban J connectivity index is 1.90. The van der Waals surface area contributed by atoms with Crippen LogP contribution >= 0.6 is 0 Å². The molecule has 0 saturated heterocycles. The van der Waals surface area contributed by atoms with Crippen LogP contribution in [0.5, 0.6) is 0 Å². The molecule has 33 heavy (non-hydrogen) atoms. The first-order chi connectivity index (χ1) is 16.1. The molecule has 1 saturated carbocycles. The van der Waals surface area contributed by atoms with E-state index in [9.17, 15) is 9.59 Å². The number of aromatic nitrogens is 2. The lowest BCUT2D eigenvalue weighted by molar-refractivity contribution is -0.141. The predicted octanol–water partition coefficient (Wildman–Crippen LogP) is 5.83. The second-order valence-corrected chi connectivity index (χ2v) is 9.08. The smallest absolute Gasteiger partial charge is 0.266 e. The Labute approximate surface area is 196 Å². The first-order valence-corrected chi connectivity index (χ1v) is 12.5. The fraction of sp³-hybridized carbons (Fsp3) is 0.464. The number of carbonyl (C=O) groups excluding carboxylic acids is 1. The summed E-state index contributed by atoms with van der Waals surface area (Å²) in [5, 5.41) is 0.598. The van der Waals surface area contributed by atoms with Crippen molar-refractivity contribution >= 4 is 16.8 Å². The molecule has 5 heteroatoms. The van der Waals surface area contributed by atoms with Crippen LogP contribution < -0.4 is 5.56 Å². The highest BCUT2D eigenvalue weighted by atomic mass is 16.2. The van der Waals surface area contributed by atoms with Gasteiger partial charge in [-0.15, -0.1) is 0 Å². The second-order valence-electron chi connectivity index (χ2n) is 9.08. The van der Waals surface area contributed by atoms with E-state index in [1.807, 2.05) is 41.3 Å². The van der Waals surface area contributed by atoms with Gasteiger partial charge in [0.25, 0.3) is 5.56 Å². The predicted molar refractivity (Wildman–Crippen MR) is 134 cm³/mol. The summed E-state index contributed by atoms with van der Waals surface area (Å²) in [5.41, 5.74) is 2.63. The van der Waals surface area contributed by atoms with Crippen molar-refractivity contribution in [1.82, 2.24) is 14.5 Å². The fourth-order valence-electron chi connectivity index (χ4n) is 4.68. The van der Waals surface area contributed by atoms with Crippen molar-refractivity contribution in [3.63, 3.8) is 0 Å². The maximum Gasteiger partial charge on any atom is 0.266 e. The number of fused-ring (bicyclic) bond motifs is 1. The molecule has 1 unspecified atom stereocenters. The van der Waals surface area contributed by atoms with Crippen LogP contribution in [0, 0.1) is 5.92 Å². The van der Waals surface area contributed by atoms with E-state index in [-0.39, 0.29) is 23.4 Å². The summed E-state index contributed by atoms with van der Waals surface area (Å²) < 4.78 is 1.74. The second kappa shape index (κ2) is 10.3. The van der Waals surface area contributed by atoms with E-state index < -0.39 is 0 Å². The molecule has 1 fully saturated rings. The van der Waals surface area contributed by atoms with Gasteiger partial charge < -0.3 is 4.90 Å². The first kappa shape index (κ1) is 23.2. The summed E-state index contributed by atoms with van der Waals surface area (Å²) in [7, 11) is 0. The van der Waals surface area contributed by atoms with Crippen molar-refractivity contribution in [3.8, 4) is 5.69 Å². The van der Waals surface area contributed by atoms with Crippen molar-refractivity contribution in [2.75, 3.05) is 6.54 Å². The van der Waals surface area contributed by atoms with Gasteiger partial charge in [0.1, 0.15) is 5.82 Å². The zero-order chi connectivity index (χ0) is 23.4. The molecule has 4 rings (SSSR count). The van der Waals surface area contributed by atoms with Crippen molar-refractivity contribution in [1.29, 1.82) is 0 Å². The zero-order valence-electron chi connectivity index (χ0n) is 20.1. The van der Waals surface area contributed by atoms with Crippen LogP contribution in [0.15, 0.2) is 53.3 Å². The van der Waals surface area contributed by atoms with Crippen LogP contribution in [-0.4, -0.2) is 26.9 Å². The molecule has 0 N–H and O–H groups in total. The Hall–Kier alpha value is -2.95. The Morgan fingerprint density at radius 3 is 2.42 bits per heavy atom. The van der Waals surface area contributed by atoms with Gasteiger partial charge in [-0.1, -0.05) is 57.9 Å². The summed E-state index contributed by atoms with van der Waals surface area (Å²) in [4.78, 5) is 34.3. The van der Waals surface area contributed by atoms with Gasteiger partial charge in [-0.2, -0.15) is 0 Å². The summed E-state index contributed by atoms with van der Waals surface area (Å²) in [5.74, 6) is 0.992. The SMILES string of the molecule is CCCCN(C(=O)C1CCC1)C(CC)c1nc2ccccc2c(=O)n1-c1ccc(CC)cc1. The van der Waals surface area contributed by atoms with E-state index in [0.29, 0.717) is 29.7 Å². The third kappa shape index (κ3) is 4.59. The van der Waals surface area contributed by atoms with Crippen LogP contribution in [0.1, 0.15) is 76.7 Å². The van der Waals surface area contributed by atoms with Gasteiger partial charge in [0.15, 0.2) is 0 Å². The maximum atomic E-state index is 13.8. The summed E-state index contributed by atoms with van der Waals surface area (Å²) in [6.45, 7) is 7.05. The summed E-state index contributed by atoms with van der Waals surface area (Å²) in [6, 6.07) is 15.4. The van der Waals surface area contributed by atoms with Crippen molar-refractivity contribution < 1.29 is 4.79 Å². The lowest BCUT2D eigenvalue weighted by atomic mass is 9.84. The molecule has 0 spiro atoms. The van der Waals surface area contributed by atoms with Gasteiger partial charge in [-0.3, -0.25) is 14.2 Å². The van der Waals surface area contributed by atoms with Crippen LogP contribution in [-0.2, 0) is 11.2 Å². The molecular weight excluding hydrogens is 410 g/mol. The molecule has 1 aliphatic rings. The highest BCUT2D eigenvalue weighted by molar-refractivity contribution is 5.81. The molecule has 5 nitrogen and oxygen atoms in total. The molecule has 1 aliphatic carbocycles. The minimum absolute atomic E-state index is 0.0789. The van der Waals surface area contributed by atoms with Crippen molar-refractivity contribution in [2.45, 2.75) is 71.8 Å². The molecule has 1 atom stereocenters. The summed E-state index contributed by atoms with van der Waals surface area (Å²) in [6.07, 6.45) is 6.66. The Morgan fingerprint density at radius 2 is 1.82 bits per heavy atom. The molecule has 1 heterocycles. The first-order valence-electron chi connectivity index (χ1n) is 12.5. The number of unbranched alkanes of at least 4 members (excludes halogenated alkanes) is 1. The Morgan fingerprint density at radius 1 is 1.09 bits per heavy atom. The van der Waals surface area contributed by atoms with Crippen LogP contribution in [0.4, 0.5) is 0 Å². The number of amides is 1. The number of hydrogen-bond donors (Lipinski definition) is 0. The van der Waals surface area contributed by atoms with Crippen molar-refractivity contribution in [2.24, 2.45) is 5.92 Å². The van der Waals surface area contributed by atoms with Crippen LogP contribution in [0.2, 0.25) is 0 Å². The highest BCUT2D eigenvalue weighted by Gasteiger charge is 2.35. The number of para-hydroxylation sites is 1. The maximum absolute atomic E-state index is 13.8. The quantitative estimate of drug-likeness (QED) is 0.416. The highest BCUT2D eigenvalue weighted by Crippen LogP contribution is 2.33. The molecular formula is C28H35N3O2. The van der Waals surface area contributed by atoms with Crippen molar-refractivity contribution in [3.05, 3.63) is 70.3 Å². The van der Waals surface area contributed by atoms with E-state index >= 15 is 0 Å². The van der Waals surface area contributed by atoms with Crippen LogP contribution in [0.3, 0.4) is 0 Å². The number of aryl methyl sites for hydroxylation is 1. The van der Waals surface area contributed by atoms with Gasteiger partial charge in [-0.05, 0) is 61.9 Å². The van der Waals surface area contributed by atoms with Gasteiger partial charge in [0.2, 0.25) is 5.91 Å². The third-order valence-electron chi connectivity index (χ3n) is 6.96. The average molecular weight is 446 g/mol. The molecule has 0 aliphatic heterocycles. The van der Waals surface area contributed by atoms with E-state index in [4.69, 9.17) is 4.98 Å². The van der Waals surface area contributed by atoms with E-state index in [1.54, 1.807) is 4.57 Å². The van der Waals surface area contributed by atoms with Gasteiger partial charge >= 0.3 is 0 Å². The Bertz CT molecular complexity index is 1160. The minimum atomic E-state index is -0.243. The van der Waals surface area contributed by atoms with E-state index in [0.717, 1.165) is 44.2 Å².